The highest BCUT2D eigenvalue weighted by Gasteiger charge is 2.18. The lowest BCUT2D eigenvalue weighted by Gasteiger charge is -2.14. The Labute approximate surface area is 167 Å². The molecule has 1 atom stereocenters. The second-order valence-corrected chi connectivity index (χ2v) is 8.05. The van der Waals surface area contributed by atoms with Crippen molar-refractivity contribution < 1.29 is 22.4 Å². The molecule has 10 heteroatoms. The minimum Gasteiger partial charge on any atom is -0.481 e. The van der Waals surface area contributed by atoms with Gasteiger partial charge in [0.05, 0.1) is 30.9 Å². The molecule has 1 aromatic carbocycles. The molecule has 0 bridgehead atoms. The zero-order chi connectivity index (χ0) is 21.0. The molecule has 0 spiro atoms. The van der Waals surface area contributed by atoms with Gasteiger partial charge in [0.15, 0.2) is 5.65 Å². The van der Waals surface area contributed by atoms with E-state index in [-0.39, 0.29) is 17.9 Å². The average Bonchev–Trinajstić information content (AvgIpc) is 2.71. The Balaban J connectivity index is 1.68. The maximum absolute atomic E-state index is 12.2. The van der Waals surface area contributed by atoms with Crippen molar-refractivity contribution in [1.82, 2.24) is 14.5 Å². The molecule has 0 unspecified atom stereocenters. The number of fused-ring (bicyclic) bond motifs is 1. The van der Waals surface area contributed by atoms with Gasteiger partial charge in [0.25, 0.3) is 15.7 Å². The van der Waals surface area contributed by atoms with E-state index in [1.165, 1.54) is 30.0 Å². The number of rotatable bonds is 8. The summed E-state index contributed by atoms with van der Waals surface area (Å²) in [5.41, 5.74) is 1.35. The summed E-state index contributed by atoms with van der Waals surface area (Å²) in [5.74, 6) is 0.326. The van der Waals surface area contributed by atoms with Crippen molar-refractivity contribution in [3.8, 4) is 5.88 Å². The van der Waals surface area contributed by atoms with Crippen LogP contribution in [0.2, 0.25) is 0 Å². The van der Waals surface area contributed by atoms with E-state index in [2.05, 4.69) is 9.97 Å². The number of methoxy groups -OCH3 is 1. The normalized spacial score (nSPS) is 12.8. The van der Waals surface area contributed by atoms with Gasteiger partial charge in [0, 0.05) is 12.6 Å². The predicted molar refractivity (Wildman–Crippen MR) is 105 cm³/mol. The highest BCUT2D eigenvalue weighted by Crippen LogP contribution is 2.15. The summed E-state index contributed by atoms with van der Waals surface area (Å²) in [6.07, 6.45) is 0.152. The zero-order valence-electron chi connectivity index (χ0n) is 16.0. The molecule has 0 fully saturated rings. The van der Waals surface area contributed by atoms with Crippen LogP contribution in [0.1, 0.15) is 12.0 Å². The smallest absolute Gasteiger partial charge is 0.297 e. The lowest BCUT2D eigenvalue weighted by Crippen LogP contribution is -2.26. The van der Waals surface area contributed by atoms with Gasteiger partial charge < -0.3 is 9.84 Å². The molecule has 0 saturated heterocycles. The second-order valence-electron chi connectivity index (χ2n) is 6.44. The van der Waals surface area contributed by atoms with E-state index in [9.17, 15) is 18.3 Å². The van der Waals surface area contributed by atoms with E-state index >= 15 is 0 Å². The Kier molecular flexibility index (Phi) is 6.26. The van der Waals surface area contributed by atoms with Gasteiger partial charge in [-0.3, -0.25) is 13.5 Å². The molecule has 2 heterocycles. The summed E-state index contributed by atoms with van der Waals surface area (Å²) in [5, 5.41) is 10.2. The van der Waals surface area contributed by atoms with Crippen molar-refractivity contribution in [2.24, 2.45) is 0 Å². The number of nitrogens with zero attached hydrogens (tertiary/aromatic N) is 3. The molecule has 9 nitrogen and oxygen atoms in total. The topological polar surface area (TPSA) is 121 Å². The standard InChI is InChI=1S/C19H21N3O6S/c1-13-3-5-15(6-4-13)29(25,26)28-12-14(23)9-10-22-18(24)11-20-16-7-8-17(27-2)21-19(16)22/h3-8,11,14,23H,9-10,12H2,1-2H3/t14-/m1/s1. The fraction of sp³-hybridized carbons (Fsp3) is 0.316. The lowest BCUT2D eigenvalue weighted by atomic mass is 10.2. The molecule has 1 N–H and O–H groups in total. The van der Waals surface area contributed by atoms with E-state index < -0.39 is 28.4 Å². The Hall–Kier alpha value is -2.82. The van der Waals surface area contributed by atoms with E-state index in [1.807, 2.05) is 6.92 Å². The highest BCUT2D eigenvalue weighted by molar-refractivity contribution is 7.86. The first kappa shape index (κ1) is 20.9. The van der Waals surface area contributed by atoms with Crippen LogP contribution in [0, 0.1) is 6.92 Å². The summed E-state index contributed by atoms with van der Waals surface area (Å²) in [6.45, 7) is 1.52. The molecular formula is C19H21N3O6S. The Bertz CT molecular complexity index is 1160. The Morgan fingerprint density at radius 1 is 1.17 bits per heavy atom. The molecule has 154 valence electrons. The quantitative estimate of drug-likeness (QED) is 0.542. The Morgan fingerprint density at radius 3 is 2.59 bits per heavy atom. The van der Waals surface area contributed by atoms with Gasteiger partial charge in [-0.25, -0.2) is 4.98 Å². The Morgan fingerprint density at radius 2 is 1.90 bits per heavy atom. The molecule has 3 aromatic rings. The molecular weight excluding hydrogens is 398 g/mol. The van der Waals surface area contributed by atoms with E-state index in [1.54, 1.807) is 24.3 Å². The molecule has 3 rings (SSSR count). The maximum Gasteiger partial charge on any atom is 0.297 e. The average molecular weight is 419 g/mol. The van der Waals surface area contributed by atoms with Crippen LogP contribution in [0.3, 0.4) is 0 Å². The number of benzene rings is 1. The minimum atomic E-state index is -3.97. The molecule has 0 aliphatic carbocycles. The summed E-state index contributed by atoms with van der Waals surface area (Å²) in [4.78, 5) is 20.5. The van der Waals surface area contributed by atoms with Crippen molar-refractivity contribution >= 4 is 21.3 Å². The summed E-state index contributed by atoms with van der Waals surface area (Å²) in [6, 6.07) is 9.51. The first-order valence-electron chi connectivity index (χ1n) is 8.85. The van der Waals surface area contributed by atoms with Gasteiger partial charge >= 0.3 is 0 Å². The molecule has 0 radical (unpaired) electrons. The van der Waals surface area contributed by atoms with Crippen LogP contribution in [0.25, 0.3) is 11.2 Å². The highest BCUT2D eigenvalue weighted by atomic mass is 32.2. The van der Waals surface area contributed by atoms with Crippen LogP contribution in [-0.2, 0) is 20.8 Å². The number of aliphatic hydroxyl groups is 1. The maximum atomic E-state index is 12.2. The molecule has 29 heavy (non-hydrogen) atoms. The third-order valence-electron chi connectivity index (χ3n) is 4.29. The minimum absolute atomic E-state index is 0.0166. The van der Waals surface area contributed by atoms with Crippen LogP contribution in [0.15, 0.2) is 52.3 Å². The monoisotopic (exact) mass is 419 g/mol. The number of ether oxygens (including phenoxy) is 1. The summed E-state index contributed by atoms with van der Waals surface area (Å²) in [7, 11) is -2.51. The number of hydrogen-bond donors (Lipinski definition) is 1. The molecule has 2 aromatic heterocycles. The van der Waals surface area contributed by atoms with Crippen LogP contribution >= 0.6 is 0 Å². The molecule has 0 aliphatic heterocycles. The number of hydrogen-bond acceptors (Lipinski definition) is 8. The van der Waals surface area contributed by atoms with Crippen LogP contribution in [0.4, 0.5) is 0 Å². The van der Waals surface area contributed by atoms with E-state index in [0.717, 1.165) is 5.56 Å². The zero-order valence-corrected chi connectivity index (χ0v) is 16.8. The van der Waals surface area contributed by atoms with Gasteiger partial charge in [-0.15, -0.1) is 0 Å². The van der Waals surface area contributed by atoms with Gasteiger partial charge in [0.2, 0.25) is 5.88 Å². The second kappa shape index (κ2) is 8.68. The van der Waals surface area contributed by atoms with Crippen molar-refractivity contribution in [2.45, 2.75) is 30.9 Å². The van der Waals surface area contributed by atoms with Crippen LogP contribution in [0.5, 0.6) is 5.88 Å². The van der Waals surface area contributed by atoms with Crippen molar-refractivity contribution in [2.75, 3.05) is 13.7 Å². The third kappa shape index (κ3) is 4.97. The number of aryl methyl sites for hydroxylation is 2. The SMILES string of the molecule is COc1ccc2ncc(=O)n(CC[C@@H](O)COS(=O)(=O)c3ccc(C)cc3)c2n1. The molecule has 0 aliphatic rings. The third-order valence-corrected chi connectivity index (χ3v) is 5.58. The van der Waals surface area contributed by atoms with Crippen molar-refractivity contribution in [1.29, 1.82) is 0 Å². The summed E-state index contributed by atoms with van der Waals surface area (Å²) < 4.78 is 35.8. The van der Waals surface area contributed by atoms with Crippen molar-refractivity contribution in [3.63, 3.8) is 0 Å². The molecule has 0 amide bonds. The first-order chi connectivity index (χ1) is 13.8. The predicted octanol–water partition coefficient (Wildman–Crippen LogP) is 1.27. The fourth-order valence-electron chi connectivity index (χ4n) is 2.65. The first-order valence-corrected chi connectivity index (χ1v) is 10.3. The van der Waals surface area contributed by atoms with Gasteiger partial charge in [-0.1, -0.05) is 17.7 Å². The lowest BCUT2D eigenvalue weighted by molar-refractivity contribution is 0.0989. The van der Waals surface area contributed by atoms with Crippen molar-refractivity contribution in [3.05, 3.63) is 58.5 Å². The van der Waals surface area contributed by atoms with E-state index in [4.69, 9.17) is 8.92 Å². The fourth-order valence-corrected chi connectivity index (χ4v) is 3.60. The van der Waals surface area contributed by atoms with Gasteiger partial charge in [-0.05, 0) is 31.5 Å². The van der Waals surface area contributed by atoms with Crippen LogP contribution in [-0.4, -0.2) is 47.9 Å². The van der Waals surface area contributed by atoms with E-state index in [0.29, 0.717) is 17.0 Å². The van der Waals surface area contributed by atoms with Crippen LogP contribution < -0.4 is 10.3 Å². The number of aromatic nitrogens is 3. The largest absolute Gasteiger partial charge is 0.481 e. The number of pyridine rings is 1. The summed E-state index contributed by atoms with van der Waals surface area (Å²) >= 11 is 0. The number of aliphatic hydroxyl groups excluding tert-OH is 1. The molecule has 0 saturated carbocycles. The van der Waals surface area contributed by atoms with Gasteiger partial charge in [-0.2, -0.15) is 13.4 Å². The van der Waals surface area contributed by atoms with Gasteiger partial charge in [0.1, 0.15) is 5.52 Å².